The van der Waals surface area contributed by atoms with Crippen molar-refractivity contribution in [2.75, 3.05) is 6.61 Å². The summed E-state index contributed by atoms with van der Waals surface area (Å²) in [5.41, 5.74) is 0. The summed E-state index contributed by atoms with van der Waals surface area (Å²) >= 11 is 0. The highest BCUT2D eigenvalue weighted by Gasteiger charge is 2.22. The molecule has 0 saturated carbocycles. The number of amides is 1. The summed E-state index contributed by atoms with van der Waals surface area (Å²) < 4.78 is 0. The predicted octanol–water partition coefficient (Wildman–Crippen LogP) is 11.0. The second-order valence-electron chi connectivity index (χ2n) is 13.8. The molecule has 3 atom stereocenters. The van der Waals surface area contributed by atoms with E-state index < -0.39 is 24.2 Å². The highest BCUT2D eigenvalue weighted by molar-refractivity contribution is 5.80. The lowest BCUT2D eigenvalue weighted by Gasteiger charge is -2.21. The third-order valence-corrected chi connectivity index (χ3v) is 9.29. The molecule has 0 aromatic heterocycles. The van der Waals surface area contributed by atoms with Gasteiger partial charge in [-0.25, -0.2) is 0 Å². The van der Waals surface area contributed by atoms with E-state index in [-0.39, 0.29) is 6.61 Å². The fourth-order valence-electron chi connectivity index (χ4n) is 6.06. The summed E-state index contributed by atoms with van der Waals surface area (Å²) in [6.07, 6.45) is 43.4. The summed E-state index contributed by atoms with van der Waals surface area (Å²) in [6.45, 7) is 4.16. The van der Waals surface area contributed by atoms with Crippen molar-refractivity contribution < 1.29 is 20.1 Å². The van der Waals surface area contributed by atoms with Gasteiger partial charge in [0.2, 0.25) is 5.91 Å². The van der Waals surface area contributed by atoms with E-state index in [9.17, 15) is 20.1 Å². The molecule has 5 nitrogen and oxygen atoms in total. The molecule has 5 heteroatoms. The van der Waals surface area contributed by atoms with Crippen LogP contribution in [0.2, 0.25) is 0 Å². The molecule has 4 N–H and O–H groups in total. The summed E-state index contributed by atoms with van der Waals surface area (Å²) in [5, 5.41) is 33.0. The van der Waals surface area contributed by atoms with E-state index in [1.165, 1.54) is 154 Å². The molecule has 46 heavy (non-hydrogen) atoms. The first-order chi connectivity index (χ1) is 22.6. The van der Waals surface area contributed by atoms with Gasteiger partial charge < -0.3 is 20.6 Å². The zero-order valence-electron chi connectivity index (χ0n) is 30.7. The van der Waals surface area contributed by atoms with Gasteiger partial charge in [-0.15, -0.1) is 0 Å². The highest BCUT2D eigenvalue weighted by atomic mass is 16.3. The molecule has 0 rings (SSSR count). The van der Waals surface area contributed by atoms with Crippen LogP contribution in [0.25, 0.3) is 0 Å². The van der Waals surface area contributed by atoms with Crippen LogP contribution < -0.4 is 5.32 Å². The third-order valence-electron chi connectivity index (χ3n) is 9.29. The SMILES string of the molecule is CCCCCCCC/C=C\CCCCCCCCCCCC[C@@H](O)C(=O)N[C@@H](CO)[C@H](O)/C=C/CCCCCCCCCCCC. The maximum atomic E-state index is 12.4. The van der Waals surface area contributed by atoms with Gasteiger partial charge in [-0.2, -0.15) is 0 Å². The number of aliphatic hydroxyl groups excluding tert-OH is 3. The molecule has 0 saturated heterocycles. The first kappa shape index (κ1) is 44.8. The molecule has 0 aliphatic rings. The van der Waals surface area contributed by atoms with Gasteiger partial charge in [0.25, 0.3) is 0 Å². The van der Waals surface area contributed by atoms with Gasteiger partial charge in [0.05, 0.1) is 18.8 Å². The average molecular weight is 650 g/mol. The highest BCUT2D eigenvalue weighted by Crippen LogP contribution is 2.14. The van der Waals surface area contributed by atoms with Gasteiger partial charge >= 0.3 is 0 Å². The van der Waals surface area contributed by atoms with E-state index >= 15 is 0 Å². The van der Waals surface area contributed by atoms with E-state index in [1.807, 2.05) is 6.08 Å². The average Bonchev–Trinajstić information content (AvgIpc) is 3.06. The van der Waals surface area contributed by atoms with Crippen LogP contribution >= 0.6 is 0 Å². The van der Waals surface area contributed by atoms with E-state index in [4.69, 9.17) is 0 Å². The topological polar surface area (TPSA) is 89.8 Å². The van der Waals surface area contributed by atoms with Crippen LogP contribution in [-0.4, -0.2) is 46.1 Å². The van der Waals surface area contributed by atoms with Gasteiger partial charge in [-0.05, 0) is 44.9 Å². The Morgan fingerprint density at radius 2 is 0.870 bits per heavy atom. The van der Waals surface area contributed by atoms with Crippen molar-refractivity contribution in [3.05, 3.63) is 24.3 Å². The Kier molecular flexibility index (Phi) is 35.7. The van der Waals surface area contributed by atoms with E-state index in [1.54, 1.807) is 6.08 Å². The fourth-order valence-corrected chi connectivity index (χ4v) is 6.06. The van der Waals surface area contributed by atoms with Crippen LogP contribution in [-0.2, 0) is 4.79 Å². The quantitative estimate of drug-likeness (QED) is 0.0401. The molecule has 0 heterocycles. The zero-order valence-corrected chi connectivity index (χ0v) is 30.7. The minimum absolute atomic E-state index is 0.363. The van der Waals surface area contributed by atoms with E-state index in [0.717, 1.165) is 32.1 Å². The van der Waals surface area contributed by atoms with Gasteiger partial charge in [0, 0.05) is 0 Å². The Balaban J connectivity index is 3.67. The summed E-state index contributed by atoms with van der Waals surface area (Å²) in [5.74, 6) is -0.505. The monoisotopic (exact) mass is 650 g/mol. The standard InChI is InChI=1S/C41H79NO4/c1-3-5-7-9-11-13-15-17-18-19-20-21-22-23-24-26-28-30-32-34-36-40(45)41(46)42-38(37-43)39(44)35-33-31-29-27-25-16-14-12-10-8-6-4-2/h17-18,33,35,38-40,43-45H,3-16,19-32,34,36-37H2,1-2H3,(H,42,46)/b18-17-,35-33+/t38-,39+,40+/m0/s1. The minimum Gasteiger partial charge on any atom is -0.394 e. The van der Waals surface area contributed by atoms with Crippen LogP contribution in [0.5, 0.6) is 0 Å². The number of nitrogens with one attached hydrogen (secondary N) is 1. The predicted molar refractivity (Wildman–Crippen MR) is 199 cm³/mol. The molecule has 0 bridgehead atoms. The lowest BCUT2D eigenvalue weighted by atomic mass is 10.0. The van der Waals surface area contributed by atoms with Gasteiger partial charge in [0.15, 0.2) is 0 Å². The molecule has 0 spiro atoms. The van der Waals surface area contributed by atoms with Crippen LogP contribution in [0.4, 0.5) is 0 Å². The van der Waals surface area contributed by atoms with Gasteiger partial charge in [0.1, 0.15) is 6.10 Å². The van der Waals surface area contributed by atoms with Crippen LogP contribution in [0, 0.1) is 0 Å². The first-order valence-corrected chi connectivity index (χ1v) is 20.2. The van der Waals surface area contributed by atoms with E-state index in [0.29, 0.717) is 6.42 Å². The molecular formula is C41H79NO4. The zero-order chi connectivity index (χ0) is 33.8. The summed E-state index contributed by atoms with van der Waals surface area (Å²) in [6, 6.07) is -0.794. The summed E-state index contributed by atoms with van der Waals surface area (Å²) in [4.78, 5) is 12.4. The molecule has 0 aliphatic carbocycles. The second-order valence-corrected chi connectivity index (χ2v) is 13.8. The summed E-state index contributed by atoms with van der Waals surface area (Å²) in [7, 11) is 0. The molecule has 0 unspecified atom stereocenters. The molecule has 1 amide bonds. The smallest absolute Gasteiger partial charge is 0.249 e. The fraction of sp³-hybridized carbons (Fsp3) is 0.878. The van der Waals surface area contributed by atoms with Gasteiger partial charge in [-0.1, -0.05) is 186 Å². The number of allylic oxidation sites excluding steroid dienone is 3. The van der Waals surface area contributed by atoms with Crippen molar-refractivity contribution in [3.63, 3.8) is 0 Å². The Morgan fingerprint density at radius 1 is 0.522 bits per heavy atom. The lowest BCUT2D eigenvalue weighted by molar-refractivity contribution is -0.131. The number of carbonyl (C=O) groups excluding carboxylic acids is 1. The number of carbonyl (C=O) groups is 1. The molecule has 0 aromatic rings. The maximum absolute atomic E-state index is 12.4. The van der Waals surface area contributed by atoms with Crippen LogP contribution in [0.1, 0.15) is 206 Å². The number of unbranched alkanes of at least 4 members (excludes halogenated alkanes) is 26. The van der Waals surface area contributed by atoms with Crippen molar-refractivity contribution in [3.8, 4) is 0 Å². The number of hydrogen-bond acceptors (Lipinski definition) is 4. The van der Waals surface area contributed by atoms with E-state index in [2.05, 4.69) is 31.3 Å². The Labute approximate surface area is 286 Å². The van der Waals surface area contributed by atoms with Crippen molar-refractivity contribution >= 4 is 5.91 Å². The normalized spacial score (nSPS) is 13.9. The third kappa shape index (κ3) is 31.4. The number of hydrogen-bond donors (Lipinski definition) is 4. The number of rotatable bonds is 36. The van der Waals surface area contributed by atoms with Crippen LogP contribution in [0.3, 0.4) is 0 Å². The van der Waals surface area contributed by atoms with Crippen LogP contribution in [0.15, 0.2) is 24.3 Å². The lowest BCUT2D eigenvalue weighted by Crippen LogP contribution is -2.48. The largest absolute Gasteiger partial charge is 0.394 e. The number of aliphatic hydroxyl groups is 3. The van der Waals surface area contributed by atoms with Gasteiger partial charge in [-0.3, -0.25) is 4.79 Å². The molecule has 0 radical (unpaired) electrons. The first-order valence-electron chi connectivity index (χ1n) is 20.2. The van der Waals surface area contributed by atoms with Crippen molar-refractivity contribution in [1.29, 1.82) is 0 Å². The molecule has 0 aliphatic heterocycles. The Morgan fingerprint density at radius 3 is 1.26 bits per heavy atom. The Hall–Kier alpha value is -1.17. The second kappa shape index (κ2) is 36.7. The van der Waals surface area contributed by atoms with Crippen molar-refractivity contribution in [2.24, 2.45) is 0 Å². The maximum Gasteiger partial charge on any atom is 0.249 e. The Bertz CT molecular complexity index is 679. The molecular weight excluding hydrogens is 570 g/mol. The molecule has 0 fully saturated rings. The van der Waals surface area contributed by atoms with Crippen molar-refractivity contribution in [1.82, 2.24) is 5.32 Å². The van der Waals surface area contributed by atoms with Crippen molar-refractivity contribution in [2.45, 2.75) is 225 Å². The minimum atomic E-state index is -1.10. The molecule has 0 aromatic carbocycles. The molecule has 272 valence electrons.